The molecule has 0 spiro atoms. The van der Waals surface area contributed by atoms with Gasteiger partial charge >= 0.3 is 5.97 Å². The number of hydrogen-bond donors (Lipinski definition) is 0. The average molecular weight is 252 g/mol. The second kappa shape index (κ2) is 8.61. The number of esters is 1. The zero-order valence-electron chi connectivity index (χ0n) is 11.0. The lowest BCUT2D eigenvalue weighted by Crippen LogP contribution is -2.00. The number of carbonyl (C=O) groups excluding carboxylic acids is 1. The van der Waals surface area contributed by atoms with Crippen LogP contribution in [0.1, 0.15) is 35.2 Å². The van der Waals surface area contributed by atoms with E-state index in [0.717, 1.165) is 24.8 Å². The van der Waals surface area contributed by atoms with Gasteiger partial charge in [0.05, 0.1) is 12.7 Å². The van der Waals surface area contributed by atoms with Gasteiger partial charge in [0.15, 0.2) is 0 Å². The van der Waals surface area contributed by atoms with Crippen LogP contribution in [0.2, 0.25) is 0 Å². The molecule has 2 nitrogen and oxygen atoms in total. The largest absolute Gasteiger partial charge is 0.465 e. The normalized spacial score (nSPS) is 9.47. The SMILES string of the molecule is C#CCCCC#C/C=C/c1ccc(C(=O)OC)cc1. The summed E-state index contributed by atoms with van der Waals surface area (Å²) in [5, 5.41) is 0. The van der Waals surface area contributed by atoms with Gasteiger partial charge in [-0.1, -0.05) is 24.0 Å². The number of carbonyl (C=O) groups is 1. The van der Waals surface area contributed by atoms with E-state index in [4.69, 9.17) is 6.42 Å². The first-order valence-corrected chi connectivity index (χ1v) is 6.04. The fourth-order valence-corrected chi connectivity index (χ4v) is 1.40. The van der Waals surface area contributed by atoms with Crippen LogP contribution in [0, 0.1) is 24.2 Å². The van der Waals surface area contributed by atoms with Crippen molar-refractivity contribution in [3.05, 3.63) is 41.5 Å². The van der Waals surface area contributed by atoms with Crippen molar-refractivity contribution in [2.45, 2.75) is 19.3 Å². The molecule has 19 heavy (non-hydrogen) atoms. The third-order valence-corrected chi connectivity index (χ3v) is 2.42. The Morgan fingerprint density at radius 1 is 1.32 bits per heavy atom. The monoisotopic (exact) mass is 252 g/mol. The Kier molecular flexibility index (Phi) is 6.62. The highest BCUT2D eigenvalue weighted by atomic mass is 16.5. The van der Waals surface area contributed by atoms with E-state index < -0.39 is 0 Å². The fraction of sp³-hybridized carbons (Fsp3) is 0.235. The molecule has 0 atom stereocenters. The highest BCUT2D eigenvalue weighted by molar-refractivity contribution is 5.89. The molecule has 0 bridgehead atoms. The highest BCUT2D eigenvalue weighted by Gasteiger charge is 2.02. The van der Waals surface area contributed by atoms with E-state index in [0.29, 0.717) is 5.56 Å². The second-order valence-corrected chi connectivity index (χ2v) is 3.83. The maximum absolute atomic E-state index is 11.2. The molecule has 0 aliphatic carbocycles. The van der Waals surface area contributed by atoms with Crippen molar-refractivity contribution in [3.63, 3.8) is 0 Å². The van der Waals surface area contributed by atoms with E-state index in [1.165, 1.54) is 7.11 Å². The zero-order valence-corrected chi connectivity index (χ0v) is 11.0. The van der Waals surface area contributed by atoms with Crippen LogP contribution in [0.25, 0.3) is 6.08 Å². The third kappa shape index (κ3) is 5.61. The first-order chi connectivity index (χ1) is 9.27. The molecule has 96 valence electrons. The van der Waals surface area contributed by atoms with Gasteiger partial charge in [0.25, 0.3) is 0 Å². The molecule has 1 aromatic rings. The maximum Gasteiger partial charge on any atom is 0.337 e. The van der Waals surface area contributed by atoms with Crippen molar-refractivity contribution in [3.8, 4) is 24.2 Å². The summed E-state index contributed by atoms with van der Waals surface area (Å²) in [5.74, 6) is 8.22. The van der Waals surface area contributed by atoms with Gasteiger partial charge in [0.1, 0.15) is 0 Å². The van der Waals surface area contributed by atoms with Crippen LogP contribution >= 0.6 is 0 Å². The molecule has 0 aromatic heterocycles. The summed E-state index contributed by atoms with van der Waals surface area (Å²) in [4.78, 5) is 11.2. The summed E-state index contributed by atoms with van der Waals surface area (Å²) < 4.78 is 4.63. The smallest absolute Gasteiger partial charge is 0.337 e. The molecule has 0 radical (unpaired) electrons. The van der Waals surface area contributed by atoms with Crippen LogP contribution in [-0.4, -0.2) is 13.1 Å². The average Bonchev–Trinajstić information content (AvgIpc) is 2.46. The van der Waals surface area contributed by atoms with E-state index >= 15 is 0 Å². The Morgan fingerprint density at radius 3 is 2.68 bits per heavy atom. The van der Waals surface area contributed by atoms with Gasteiger partial charge in [-0.25, -0.2) is 4.79 Å². The first kappa shape index (κ1) is 14.6. The van der Waals surface area contributed by atoms with Gasteiger partial charge in [-0.15, -0.1) is 12.3 Å². The van der Waals surface area contributed by atoms with Crippen LogP contribution in [0.3, 0.4) is 0 Å². The number of benzene rings is 1. The minimum atomic E-state index is -0.330. The van der Waals surface area contributed by atoms with Gasteiger partial charge in [-0.3, -0.25) is 0 Å². The Balaban J connectivity index is 2.49. The number of rotatable bonds is 4. The molecule has 0 saturated carbocycles. The summed E-state index contributed by atoms with van der Waals surface area (Å²) in [7, 11) is 1.37. The van der Waals surface area contributed by atoms with Gasteiger partial charge in [0.2, 0.25) is 0 Å². The summed E-state index contributed by atoms with van der Waals surface area (Å²) in [6.07, 6.45) is 11.4. The van der Waals surface area contributed by atoms with E-state index in [1.807, 2.05) is 18.2 Å². The van der Waals surface area contributed by atoms with Crippen LogP contribution in [0.4, 0.5) is 0 Å². The lowest BCUT2D eigenvalue weighted by molar-refractivity contribution is 0.0601. The first-order valence-electron chi connectivity index (χ1n) is 6.04. The molecule has 0 fully saturated rings. The molecule has 2 heteroatoms. The fourth-order valence-electron chi connectivity index (χ4n) is 1.40. The standard InChI is InChI=1S/C17H16O2/c1-3-4-5-6-7-8-9-10-15-11-13-16(14-12-15)17(18)19-2/h1,9-14H,4-6H2,2H3/b10-9+. The molecule has 0 aliphatic rings. The molecule has 0 heterocycles. The van der Waals surface area contributed by atoms with Crippen molar-refractivity contribution in [1.29, 1.82) is 0 Å². The summed E-state index contributed by atoms with van der Waals surface area (Å²) >= 11 is 0. The third-order valence-electron chi connectivity index (χ3n) is 2.42. The Bertz CT molecular complexity index is 533. The van der Waals surface area contributed by atoms with Gasteiger partial charge < -0.3 is 4.74 Å². The van der Waals surface area contributed by atoms with Crippen molar-refractivity contribution in [1.82, 2.24) is 0 Å². The number of allylic oxidation sites excluding steroid dienone is 1. The minimum absolute atomic E-state index is 0.330. The van der Waals surface area contributed by atoms with Crippen LogP contribution in [-0.2, 0) is 4.74 Å². The van der Waals surface area contributed by atoms with Crippen molar-refractivity contribution in [2.24, 2.45) is 0 Å². The van der Waals surface area contributed by atoms with Crippen molar-refractivity contribution < 1.29 is 9.53 Å². The molecule has 0 aliphatic heterocycles. The van der Waals surface area contributed by atoms with Crippen molar-refractivity contribution in [2.75, 3.05) is 7.11 Å². The molecule has 0 N–H and O–H groups in total. The van der Waals surface area contributed by atoms with Gasteiger partial charge in [-0.05, 0) is 36.3 Å². The number of methoxy groups -OCH3 is 1. The van der Waals surface area contributed by atoms with Crippen LogP contribution in [0.15, 0.2) is 30.3 Å². The molecule has 0 amide bonds. The molecule has 0 saturated heterocycles. The molecular formula is C17H16O2. The van der Waals surface area contributed by atoms with Gasteiger partial charge in [0, 0.05) is 12.8 Å². The van der Waals surface area contributed by atoms with E-state index in [1.54, 1.807) is 18.2 Å². The quantitative estimate of drug-likeness (QED) is 0.467. The summed E-state index contributed by atoms with van der Waals surface area (Å²) in [6.45, 7) is 0. The van der Waals surface area contributed by atoms with E-state index in [-0.39, 0.29) is 5.97 Å². The van der Waals surface area contributed by atoms with Gasteiger partial charge in [-0.2, -0.15) is 0 Å². The Hall–Kier alpha value is -2.45. The van der Waals surface area contributed by atoms with Crippen LogP contribution < -0.4 is 0 Å². The lowest BCUT2D eigenvalue weighted by atomic mass is 10.1. The summed E-state index contributed by atoms with van der Waals surface area (Å²) in [6, 6.07) is 7.16. The van der Waals surface area contributed by atoms with E-state index in [9.17, 15) is 4.79 Å². The van der Waals surface area contributed by atoms with Crippen molar-refractivity contribution >= 4 is 12.0 Å². The van der Waals surface area contributed by atoms with E-state index in [2.05, 4.69) is 22.5 Å². The zero-order chi connectivity index (χ0) is 13.9. The highest BCUT2D eigenvalue weighted by Crippen LogP contribution is 2.07. The number of unbranched alkanes of at least 4 members (excludes halogenated alkanes) is 2. The number of ether oxygens (including phenoxy) is 1. The summed E-state index contributed by atoms with van der Waals surface area (Å²) in [5.41, 5.74) is 1.53. The Labute approximate surface area is 114 Å². The Morgan fingerprint density at radius 2 is 2.05 bits per heavy atom. The van der Waals surface area contributed by atoms with Crippen LogP contribution in [0.5, 0.6) is 0 Å². The second-order valence-electron chi connectivity index (χ2n) is 3.83. The maximum atomic E-state index is 11.2. The lowest BCUT2D eigenvalue weighted by Gasteiger charge is -1.98. The number of hydrogen-bond acceptors (Lipinski definition) is 2. The molecule has 1 aromatic carbocycles. The predicted octanol–water partition coefficient (Wildman–Crippen LogP) is 3.29. The predicted molar refractivity (Wildman–Crippen MR) is 77.3 cm³/mol. The minimum Gasteiger partial charge on any atom is -0.465 e. The number of terminal acetylenes is 1. The topological polar surface area (TPSA) is 26.3 Å². The molecule has 0 unspecified atom stereocenters. The molecule has 1 rings (SSSR count). The molecular weight excluding hydrogens is 236 g/mol.